The molecule has 0 aromatic carbocycles. The van der Waals surface area contributed by atoms with Crippen LogP contribution < -0.4 is 5.32 Å². The van der Waals surface area contributed by atoms with Crippen molar-refractivity contribution in [3.8, 4) is 0 Å². The molecule has 17 heavy (non-hydrogen) atoms. The summed E-state index contributed by atoms with van der Waals surface area (Å²) in [5.74, 6) is -0.307. The first-order valence-corrected chi connectivity index (χ1v) is 5.77. The lowest BCUT2D eigenvalue weighted by molar-refractivity contribution is 0.0702. The molecule has 0 fully saturated rings. The number of aromatic nitrogens is 2. The lowest BCUT2D eigenvalue weighted by atomic mass is 10.2. The molecule has 7 heteroatoms. The van der Waals surface area contributed by atoms with Gasteiger partial charge in [-0.2, -0.15) is 4.98 Å². The number of carboxylic acid groups (broad SMARTS) is 1. The zero-order chi connectivity index (χ0) is 12.3. The molecule has 2 aromatic rings. The van der Waals surface area contributed by atoms with Crippen molar-refractivity contribution in [1.82, 2.24) is 15.5 Å². The molecule has 2 heterocycles. The average molecular weight is 253 g/mol. The van der Waals surface area contributed by atoms with Crippen LogP contribution in [0.5, 0.6) is 0 Å². The largest absolute Gasteiger partial charge is 0.477 e. The van der Waals surface area contributed by atoms with E-state index in [0.29, 0.717) is 23.8 Å². The van der Waals surface area contributed by atoms with Crippen LogP contribution in [0.15, 0.2) is 17.0 Å². The summed E-state index contributed by atoms with van der Waals surface area (Å²) in [4.78, 5) is 16.0. The number of aryl methyl sites for hydroxylation is 1. The summed E-state index contributed by atoms with van der Waals surface area (Å²) >= 11 is 1.28. The molecule has 0 bridgehead atoms. The molecule has 6 nitrogen and oxygen atoms in total. The van der Waals surface area contributed by atoms with Crippen LogP contribution in [0.3, 0.4) is 0 Å². The van der Waals surface area contributed by atoms with E-state index in [2.05, 4.69) is 20.0 Å². The van der Waals surface area contributed by atoms with Crippen LogP contribution in [0.25, 0.3) is 0 Å². The molecule has 0 aliphatic rings. The highest BCUT2D eigenvalue weighted by Crippen LogP contribution is 2.21. The van der Waals surface area contributed by atoms with E-state index in [9.17, 15) is 4.79 Å². The van der Waals surface area contributed by atoms with Crippen LogP contribution in [-0.4, -0.2) is 21.2 Å². The van der Waals surface area contributed by atoms with E-state index in [-0.39, 0.29) is 0 Å². The van der Waals surface area contributed by atoms with E-state index in [1.165, 1.54) is 17.7 Å². The molecule has 90 valence electrons. The zero-order valence-electron chi connectivity index (χ0n) is 9.14. The number of carboxylic acids is 1. The summed E-state index contributed by atoms with van der Waals surface area (Å²) in [5, 5.41) is 15.6. The van der Waals surface area contributed by atoms with Crippen LogP contribution >= 0.6 is 11.3 Å². The summed E-state index contributed by atoms with van der Waals surface area (Å²) in [7, 11) is 0. The normalized spacial score (nSPS) is 10.6. The molecule has 2 aromatic heterocycles. The van der Waals surface area contributed by atoms with Gasteiger partial charge in [0.2, 0.25) is 6.39 Å². The summed E-state index contributed by atoms with van der Waals surface area (Å²) in [6.45, 7) is 2.99. The third-order valence-electron chi connectivity index (χ3n) is 2.24. The van der Waals surface area contributed by atoms with Gasteiger partial charge in [-0.3, -0.25) is 0 Å². The molecule has 0 aliphatic heterocycles. The Balaban J connectivity index is 1.92. The number of nitrogens with zero attached hydrogens (tertiary/aromatic N) is 2. The van der Waals surface area contributed by atoms with E-state index < -0.39 is 5.97 Å². The second-order valence-electron chi connectivity index (χ2n) is 3.45. The predicted octanol–water partition coefficient (Wildman–Crippen LogP) is 1.43. The number of aromatic carboxylic acids is 1. The Morgan fingerprint density at radius 1 is 1.59 bits per heavy atom. The van der Waals surface area contributed by atoms with Crippen molar-refractivity contribution < 1.29 is 14.4 Å². The smallest absolute Gasteiger partial charge is 0.345 e. The summed E-state index contributed by atoms with van der Waals surface area (Å²) in [6.07, 6.45) is 1.27. The van der Waals surface area contributed by atoms with Gasteiger partial charge in [0, 0.05) is 11.4 Å². The molecule has 0 aliphatic carbocycles. The Kier molecular flexibility index (Phi) is 3.50. The highest BCUT2D eigenvalue weighted by molar-refractivity contribution is 7.14. The van der Waals surface area contributed by atoms with Crippen LogP contribution in [0.4, 0.5) is 0 Å². The quantitative estimate of drug-likeness (QED) is 0.838. The molecule has 0 atom stereocenters. The maximum absolute atomic E-state index is 10.8. The molecule has 0 spiro atoms. The maximum Gasteiger partial charge on any atom is 0.345 e. The van der Waals surface area contributed by atoms with Crippen molar-refractivity contribution in [2.75, 3.05) is 0 Å². The van der Waals surface area contributed by atoms with Gasteiger partial charge >= 0.3 is 5.97 Å². The van der Waals surface area contributed by atoms with Crippen molar-refractivity contribution in [3.05, 3.63) is 33.6 Å². The van der Waals surface area contributed by atoms with E-state index in [1.807, 2.05) is 6.92 Å². The maximum atomic E-state index is 10.8. The molecule has 0 unspecified atom stereocenters. The second kappa shape index (κ2) is 5.07. The first-order chi connectivity index (χ1) is 8.16. The molecule has 0 saturated heterocycles. The highest BCUT2D eigenvalue weighted by atomic mass is 32.1. The molecule has 2 N–H and O–H groups in total. The number of hydrogen-bond donors (Lipinski definition) is 2. The van der Waals surface area contributed by atoms with Crippen LogP contribution in [0.1, 0.15) is 25.9 Å². The van der Waals surface area contributed by atoms with Gasteiger partial charge in [-0.15, -0.1) is 11.3 Å². The number of nitrogens with one attached hydrogen (secondary N) is 1. The van der Waals surface area contributed by atoms with Crippen molar-refractivity contribution in [2.24, 2.45) is 0 Å². The SMILES string of the molecule is Cc1sc(C(=O)O)cc1CNCc1ncon1. The molecule has 2 rings (SSSR count). The summed E-state index contributed by atoms with van der Waals surface area (Å²) < 4.78 is 4.60. The molecule has 0 amide bonds. The first-order valence-electron chi connectivity index (χ1n) is 4.95. The molecular weight excluding hydrogens is 242 g/mol. The Bertz CT molecular complexity index is 507. The minimum absolute atomic E-state index is 0.360. The van der Waals surface area contributed by atoms with E-state index >= 15 is 0 Å². The number of hydrogen-bond acceptors (Lipinski definition) is 6. The molecule has 0 radical (unpaired) electrons. The van der Waals surface area contributed by atoms with Gasteiger partial charge in [0.05, 0.1) is 6.54 Å². The minimum Gasteiger partial charge on any atom is -0.477 e. The van der Waals surface area contributed by atoms with E-state index in [4.69, 9.17) is 5.11 Å². The highest BCUT2D eigenvalue weighted by Gasteiger charge is 2.10. The van der Waals surface area contributed by atoms with Gasteiger partial charge in [-0.1, -0.05) is 5.16 Å². The monoisotopic (exact) mass is 253 g/mol. The fourth-order valence-corrected chi connectivity index (χ4v) is 2.26. The van der Waals surface area contributed by atoms with E-state index in [1.54, 1.807) is 6.07 Å². The Hall–Kier alpha value is -1.73. The third kappa shape index (κ3) is 2.89. The lowest BCUT2D eigenvalue weighted by Crippen LogP contribution is -2.13. The molecule has 0 saturated carbocycles. The fraction of sp³-hybridized carbons (Fsp3) is 0.300. The Morgan fingerprint density at radius 3 is 3.00 bits per heavy atom. The number of carbonyl (C=O) groups is 1. The lowest BCUT2D eigenvalue weighted by Gasteiger charge is -2.00. The van der Waals surface area contributed by atoms with E-state index in [0.717, 1.165) is 10.4 Å². The van der Waals surface area contributed by atoms with Crippen LogP contribution in [-0.2, 0) is 13.1 Å². The second-order valence-corrected chi connectivity index (χ2v) is 4.70. The first kappa shape index (κ1) is 11.7. The van der Waals surface area contributed by atoms with Gasteiger partial charge in [-0.05, 0) is 18.6 Å². The van der Waals surface area contributed by atoms with Crippen LogP contribution in [0, 0.1) is 6.92 Å². The summed E-state index contributed by atoms with van der Waals surface area (Å²) in [5.41, 5.74) is 0.982. The van der Waals surface area contributed by atoms with Crippen molar-refractivity contribution in [3.63, 3.8) is 0 Å². The van der Waals surface area contributed by atoms with Gasteiger partial charge in [0.1, 0.15) is 4.88 Å². The van der Waals surface area contributed by atoms with Gasteiger partial charge in [0.25, 0.3) is 0 Å². The zero-order valence-corrected chi connectivity index (χ0v) is 9.95. The average Bonchev–Trinajstić information content (AvgIpc) is 2.89. The predicted molar refractivity (Wildman–Crippen MR) is 60.9 cm³/mol. The topological polar surface area (TPSA) is 88.2 Å². The summed E-state index contributed by atoms with van der Waals surface area (Å²) in [6, 6.07) is 1.69. The molecular formula is C10H11N3O3S. The van der Waals surface area contributed by atoms with Crippen molar-refractivity contribution in [1.29, 1.82) is 0 Å². The van der Waals surface area contributed by atoms with Crippen LogP contribution in [0.2, 0.25) is 0 Å². The number of thiophene rings is 1. The Morgan fingerprint density at radius 2 is 2.41 bits per heavy atom. The number of rotatable bonds is 5. The minimum atomic E-state index is -0.887. The standard InChI is InChI=1S/C10H11N3O3S/c1-6-7(2-8(17-6)10(14)15)3-11-4-9-12-5-16-13-9/h2,5,11H,3-4H2,1H3,(H,14,15). The van der Waals surface area contributed by atoms with Crippen molar-refractivity contribution in [2.45, 2.75) is 20.0 Å². The van der Waals surface area contributed by atoms with Crippen molar-refractivity contribution >= 4 is 17.3 Å². The fourth-order valence-electron chi connectivity index (χ4n) is 1.38. The van der Waals surface area contributed by atoms with Gasteiger partial charge in [0.15, 0.2) is 5.82 Å². The van der Waals surface area contributed by atoms with Gasteiger partial charge in [-0.25, -0.2) is 4.79 Å². The third-order valence-corrected chi connectivity index (χ3v) is 3.32. The van der Waals surface area contributed by atoms with Gasteiger partial charge < -0.3 is 14.9 Å². The Labute approximate surface area is 101 Å².